The fourth-order valence-electron chi connectivity index (χ4n) is 1.87. The predicted molar refractivity (Wildman–Crippen MR) is 85.7 cm³/mol. The maximum atomic E-state index is 5.85. The van der Waals surface area contributed by atoms with Crippen molar-refractivity contribution in [3.63, 3.8) is 0 Å². The fraction of sp³-hybridized carbons (Fsp3) is 0.529. The van der Waals surface area contributed by atoms with Crippen LogP contribution in [0.15, 0.2) is 24.3 Å². The number of hydrogen-bond donors (Lipinski definition) is 1. The largest absolute Gasteiger partial charge is 0.372 e. The average molecular weight is 278 g/mol. The van der Waals surface area contributed by atoms with Crippen LogP contribution in [0.25, 0.3) is 0 Å². The van der Waals surface area contributed by atoms with Crippen LogP contribution in [0.5, 0.6) is 0 Å². The van der Waals surface area contributed by atoms with Crippen LogP contribution in [0.1, 0.15) is 52.4 Å². The summed E-state index contributed by atoms with van der Waals surface area (Å²) in [6.07, 6.45) is 7.53. The van der Waals surface area contributed by atoms with E-state index in [-0.39, 0.29) is 6.04 Å². The first-order valence-corrected chi connectivity index (χ1v) is 7.60. The Morgan fingerprint density at radius 1 is 1.11 bits per heavy atom. The second-order valence-electron chi connectivity index (χ2n) is 4.86. The van der Waals surface area contributed by atoms with Crippen molar-refractivity contribution in [2.75, 3.05) is 5.32 Å². The van der Waals surface area contributed by atoms with Crippen molar-refractivity contribution in [1.29, 1.82) is 0 Å². The summed E-state index contributed by atoms with van der Waals surface area (Å²) in [6, 6.07) is 7.91. The van der Waals surface area contributed by atoms with Crippen LogP contribution in [-0.4, -0.2) is 6.04 Å². The van der Waals surface area contributed by atoms with Crippen LogP contribution < -0.4 is 5.32 Å². The third-order valence-electron chi connectivity index (χ3n) is 2.95. The molecule has 0 aliphatic rings. The van der Waals surface area contributed by atoms with Gasteiger partial charge in [0, 0.05) is 17.1 Å². The molecule has 0 amide bonds. The molecule has 0 heterocycles. The summed E-state index contributed by atoms with van der Waals surface area (Å²) in [7, 11) is 0. The predicted octanol–water partition coefficient (Wildman–Crippen LogP) is 5.50. The zero-order valence-electron chi connectivity index (χ0n) is 12.0. The van der Waals surface area contributed by atoms with Gasteiger partial charge in [-0.15, -0.1) is 5.92 Å². The first-order valence-electron chi connectivity index (χ1n) is 7.23. The molecule has 0 aliphatic carbocycles. The van der Waals surface area contributed by atoms with E-state index in [1.807, 2.05) is 24.3 Å². The summed E-state index contributed by atoms with van der Waals surface area (Å²) in [5.74, 6) is 6.50. The molecule has 19 heavy (non-hydrogen) atoms. The van der Waals surface area contributed by atoms with E-state index < -0.39 is 0 Å². The van der Waals surface area contributed by atoms with Gasteiger partial charge in [-0.05, 0) is 37.6 Å². The first kappa shape index (κ1) is 15.9. The fourth-order valence-corrected chi connectivity index (χ4v) is 2.00. The quantitative estimate of drug-likeness (QED) is 0.512. The van der Waals surface area contributed by atoms with Crippen molar-refractivity contribution in [3.05, 3.63) is 29.3 Å². The van der Waals surface area contributed by atoms with E-state index in [0.29, 0.717) is 0 Å². The van der Waals surface area contributed by atoms with Gasteiger partial charge >= 0.3 is 0 Å². The van der Waals surface area contributed by atoms with Crippen LogP contribution in [-0.2, 0) is 0 Å². The molecule has 0 spiro atoms. The Bertz CT molecular complexity index is 400. The van der Waals surface area contributed by atoms with Gasteiger partial charge in [0.15, 0.2) is 0 Å². The number of hydrogen-bond acceptors (Lipinski definition) is 1. The van der Waals surface area contributed by atoms with Crippen molar-refractivity contribution in [2.24, 2.45) is 0 Å². The molecule has 0 fully saturated rings. The number of unbranched alkanes of at least 4 members (excludes halogenated alkanes) is 5. The van der Waals surface area contributed by atoms with Gasteiger partial charge in [0.25, 0.3) is 0 Å². The van der Waals surface area contributed by atoms with Gasteiger partial charge in [-0.2, -0.15) is 0 Å². The molecular weight excluding hydrogens is 254 g/mol. The minimum Gasteiger partial charge on any atom is -0.372 e. The third kappa shape index (κ3) is 7.80. The molecule has 104 valence electrons. The van der Waals surface area contributed by atoms with Gasteiger partial charge in [0.1, 0.15) is 0 Å². The highest BCUT2D eigenvalue weighted by Gasteiger charge is 1.96. The summed E-state index contributed by atoms with van der Waals surface area (Å²) < 4.78 is 0. The van der Waals surface area contributed by atoms with Gasteiger partial charge < -0.3 is 5.32 Å². The standard InChI is InChI=1S/C17H24ClN/c1-3-4-5-6-7-8-9-10-15(2)19-17-13-11-16(18)12-14-17/h11-15,19H,3-8H2,1-2H3. The van der Waals surface area contributed by atoms with Crippen molar-refractivity contribution in [2.45, 2.75) is 58.4 Å². The molecule has 1 aromatic carbocycles. The summed E-state index contributed by atoms with van der Waals surface area (Å²) in [5, 5.41) is 4.11. The third-order valence-corrected chi connectivity index (χ3v) is 3.20. The molecule has 0 aromatic heterocycles. The lowest BCUT2D eigenvalue weighted by molar-refractivity contribution is 0.641. The Morgan fingerprint density at radius 3 is 2.47 bits per heavy atom. The van der Waals surface area contributed by atoms with Gasteiger partial charge in [0.05, 0.1) is 6.04 Å². The van der Waals surface area contributed by atoms with Crippen molar-refractivity contribution >= 4 is 17.3 Å². The Labute approximate surface area is 122 Å². The maximum Gasteiger partial charge on any atom is 0.0848 e. The van der Waals surface area contributed by atoms with E-state index >= 15 is 0 Å². The van der Waals surface area contributed by atoms with Gasteiger partial charge in [-0.3, -0.25) is 0 Å². The lowest BCUT2D eigenvalue weighted by Gasteiger charge is -2.08. The van der Waals surface area contributed by atoms with Crippen LogP contribution in [0.4, 0.5) is 5.69 Å². The molecular formula is C17H24ClN. The monoisotopic (exact) mass is 277 g/mol. The average Bonchev–Trinajstić information content (AvgIpc) is 2.40. The minimum atomic E-state index is 0.178. The molecule has 0 aliphatic heterocycles. The molecule has 1 unspecified atom stereocenters. The minimum absolute atomic E-state index is 0.178. The van der Waals surface area contributed by atoms with E-state index in [0.717, 1.165) is 17.1 Å². The number of nitrogens with one attached hydrogen (secondary N) is 1. The Hall–Kier alpha value is -1.13. The second kappa shape index (κ2) is 9.75. The van der Waals surface area contributed by atoms with Crippen LogP contribution in [0.2, 0.25) is 5.02 Å². The Kier molecular flexibility index (Phi) is 8.18. The van der Waals surface area contributed by atoms with E-state index in [4.69, 9.17) is 11.6 Å². The van der Waals surface area contributed by atoms with E-state index in [1.165, 1.54) is 32.1 Å². The lowest BCUT2D eigenvalue weighted by atomic mass is 10.1. The first-order chi connectivity index (χ1) is 9.22. The van der Waals surface area contributed by atoms with Crippen LogP contribution in [0, 0.1) is 11.8 Å². The molecule has 1 rings (SSSR count). The number of benzene rings is 1. The Balaban J connectivity index is 2.20. The van der Waals surface area contributed by atoms with Crippen LogP contribution in [0.3, 0.4) is 0 Å². The molecule has 1 nitrogen and oxygen atoms in total. The van der Waals surface area contributed by atoms with Crippen molar-refractivity contribution in [1.82, 2.24) is 0 Å². The van der Waals surface area contributed by atoms with Gasteiger partial charge in [0.2, 0.25) is 0 Å². The number of anilines is 1. The number of halogens is 1. The topological polar surface area (TPSA) is 12.0 Å². The summed E-state index contributed by atoms with van der Waals surface area (Å²) in [5.41, 5.74) is 1.06. The molecule has 1 N–H and O–H groups in total. The van der Waals surface area contributed by atoms with E-state index in [9.17, 15) is 0 Å². The number of rotatable bonds is 7. The summed E-state index contributed by atoms with van der Waals surface area (Å²) >= 11 is 5.85. The molecule has 1 aromatic rings. The van der Waals surface area contributed by atoms with Crippen molar-refractivity contribution in [3.8, 4) is 11.8 Å². The van der Waals surface area contributed by atoms with E-state index in [2.05, 4.69) is 31.0 Å². The normalized spacial score (nSPS) is 11.5. The van der Waals surface area contributed by atoms with Crippen LogP contribution >= 0.6 is 11.6 Å². The second-order valence-corrected chi connectivity index (χ2v) is 5.29. The molecule has 1 atom stereocenters. The molecule has 0 radical (unpaired) electrons. The zero-order valence-corrected chi connectivity index (χ0v) is 12.8. The smallest absolute Gasteiger partial charge is 0.0848 e. The van der Waals surface area contributed by atoms with Gasteiger partial charge in [-0.1, -0.05) is 50.1 Å². The Morgan fingerprint density at radius 2 is 1.79 bits per heavy atom. The highest BCUT2D eigenvalue weighted by molar-refractivity contribution is 6.30. The molecule has 2 heteroatoms. The highest BCUT2D eigenvalue weighted by atomic mass is 35.5. The van der Waals surface area contributed by atoms with E-state index in [1.54, 1.807) is 0 Å². The molecule has 0 saturated heterocycles. The summed E-state index contributed by atoms with van der Waals surface area (Å²) in [6.45, 7) is 4.32. The molecule has 0 bridgehead atoms. The van der Waals surface area contributed by atoms with Crippen molar-refractivity contribution < 1.29 is 0 Å². The lowest BCUT2D eigenvalue weighted by Crippen LogP contribution is -2.12. The zero-order chi connectivity index (χ0) is 13.9. The van der Waals surface area contributed by atoms with Gasteiger partial charge in [-0.25, -0.2) is 0 Å². The molecule has 0 saturated carbocycles. The maximum absolute atomic E-state index is 5.85. The summed E-state index contributed by atoms with van der Waals surface area (Å²) in [4.78, 5) is 0. The highest BCUT2D eigenvalue weighted by Crippen LogP contribution is 2.14. The SMILES string of the molecule is CCCCCCCC#CC(C)Nc1ccc(Cl)cc1.